The molecule has 2 aromatic rings. The summed E-state index contributed by atoms with van der Waals surface area (Å²) in [5, 5.41) is 13.1. The lowest BCUT2D eigenvalue weighted by Gasteiger charge is -2.48. The average Bonchev–Trinajstić information content (AvgIpc) is 3.05. The van der Waals surface area contributed by atoms with E-state index in [1.54, 1.807) is 12.7 Å². The van der Waals surface area contributed by atoms with E-state index in [0.717, 1.165) is 38.3 Å². The molecule has 2 aliphatic rings. The molecule has 26 heavy (non-hydrogen) atoms. The zero-order valence-electron chi connectivity index (χ0n) is 16.5. The van der Waals surface area contributed by atoms with E-state index in [2.05, 4.69) is 75.7 Å². The third kappa shape index (κ3) is 3.27. The Bertz CT molecular complexity index is 730. The zero-order valence-corrected chi connectivity index (χ0v) is 16.5. The summed E-state index contributed by atoms with van der Waals surface area (Å²) in [5.41, 5.74) is 1.38. The number of hydrogen-bond acceptors (Lipinski definition) is 6. The molecule has 0 unspecified atom stereocenters. The molecule has 2 aliphatic heterocycles. The summed E-state index contributed by atoms with van der Waals surface area (Å²) < 4.78 is 4.02. The van der Waals surface area contributed by atoms with Crippen molar-refractivity contribution >= 4 is 0 Å². The van der Waals surface area contributed by atoms with Gasteiger partial charge in [-0.3, -0.25) is 9.80 Å². The van der Waals surface area contributed by atoms with Gasteiger partial charge in [0.1, 0.15) is 12.7 Å². The average molecular weight is 358 g/mol. The van der Waals surface area contributed by atoms with E-state index in [4.69, 9.17) is 0 Å². The summed E-state index contributed by atoms with van der Waals surface area (Å²) in [4.78, 5) is 9.01. The monoisotopic (exact) mass is 358 g/mol. The lowest BCUT2D eigenvalue weighted by atomic mass is 9.91. The standard InChI is InChI=1S/C18H30N8/c1-17(2,3)23-8-15(9-23)25-7-14(21-22-25)6-18(4,5)24-10-16(11-24)26-13-19-12-20-26/h7,12-13,15-16H,6,8-11H2,1-5H3. The highest BCUT2D eigenvalue weighted by Gasteiger charge is 2.40. The van der Waals surface area contributed by atoms with E-state index in [-0.39, 0.29) is 11.1 Å². The maximum Gasteiger partial charge on any atom is 0.137 e. The first-order valence-corrected chi connectivity index (χ1v) is 9.47. The third-order valence-electron chi connectivity index (χ3n) is 5.89. The van der Waals surface area contributed by atoms with Gasteiger partial charge in [-0.1, -0.05) is 5.21 Å². The highest BCUT2D eigenvalue weighted by Crippen LogP contribution is 2.31. The fourth-order valence-corrected chi connectivity index (χ4v) is 3.82. The van der Waals surface area contributed by atoms with Crippen LogP contribution in [-0.4, -0.2) is 76.8 Å². The molecule has 2 aromatic heterocycles. The third-order valence-corrected chi connectivity index (χ3v) is 5.89. The van der Waals surface area contributed by atoms with E-state index in [1.807, 2.05) is 4.68 Å². The summed E-state index contributed by atoms with van der Waals surface area (Å²) in [5.74, 6) is 0. The van der Waals surface area contributed by atoms with E-state index in [1.165, 1.54) is 0 Å². The predicted octanol–water partition coefficient (Wildman–Crippen LogP) is 1.40. The fourth-order valence-electron chi connectivity index (χ4n) is 3.82. The lowest BCUT2D eigenvalue weighted by Crippen LogP contribution is -2.58. The summed E-state index contributed by atoms with van der Waals surface area (Å²) in [6, 6.07) is 0.894. The molecule has 0 bridgehead atoms. The van der Waals surface area contributed by atoms with Gasteiger partial charge in [-0.2, -0.15) is 5.10 Å². The second-order valence-electron chi connectivity index (χ2n) is 9.34. The molecule has 0 saturated carbocycles. The molecule has 0 N–H and O–H groups in total. The molecule has 0 aliphatic carbocycles. The normalized spacial score (nSPS) is 21.0. The van der Waals surface area contributed by atoms with Crippen LogP contribution in [0.5, 0.6) is 0 Å². The van der Waals surface area contributed by atoms with Crippen molar-refractivity contribution in [3.05, 3.63) is 24.5 Å². The summed E-state index contributed by atoms with van der Waals surface area (Å²) in [7, 11) is 0. The van der Waals surface area contributed by atoms with Crippen molar-refractivity contribution in [2.45, 2.75) is 64.2 Å². The summed E-state index contributed by atoms with van der Waals surface area (Å²) >= 11 is 0. The molecule has 2 saturated heterocycles. The Balaban J connectivity index is 1.31. The Morgan fingerprint density at radius 2 is 1.62 bits per heavy atom. The zero-order chi connectivity index (χ0) is 18.5. The van der Waals surface area contributed by atoms with Crippen LogP contribution in [0.4, 0.5) is 0 Å². The van der Waals surface area contributed by atoms with Crippen molar-refractivity contribution in [3.8, 4) is 0 Å². The van der Waals surface area contributed by atoms with Gasteiger partial charge >= 0.3 is 0 Å². The smallest absolute Gasteiger partial charge is 0.137 e. The second-order valence-corrected chi connectivity index (χ2v) is 9.34. The molecule has 4 rings (SSSR count). The van der Waals surface area contributed by atoms with Gasteiger partial charge in [0.15, 0.2) is 0 Å². The van der Waals surface area contributed by atoms with Crippen LogP contribution >= 0.6 is 0 Å². The Labute approximate surface area is 155 Å². The largest absolute Gasteiger partial charge is 0.294 e. The minimum absolute atomic E-state index is 0.0645. The minimum atomic E-state index is 0.0645. The molecule has 0 amide bonds. The van der Waals surface area contributed by atoms with Crippen molar-refractivity contribution < 1.29 is 0 Å². The fraction of sp³-hybridized carbons (Fsp3) is 0.778. The molecule has 0 radical (unpaired) electrons. The number of rotatable bonds is 5. The molecule has 0 spiro atoms. The van der Waals surface area contributed by atoms with E-state index < -0.39 is 0 Å². The van der Waals surface area contributed by atoms with Crippen LogP contribution in [-0.2, 0) is 6.42 Å². The van der Waals surface area contributed by atoms with Crippen LogP contribution in [0.2, 0.25) is 0 Å². The first-order valence-electron chi connectivity index (χ1n) is 9.47. The Morgan fingerprint density at radius 3 is 2.23 bits per heavy atom. The van der Waals surface area contributed by atoms with Crippen LogP contribution in [0.15, 0.2) is 18.9 Å². The minimum Gasteiger partial charge on any atom is -0.294 e. The maximum absolute atomic E-state index is 4.44. The van der Waals surface area contributed by atoms with Crippen LogP contribution in [0.3, 0.4) is 0 Å². The van der Waals surface area contributed by atoms with Crippen molar-refractivity contribution in [1.82, 2.24) is 39.6 Å². The summed E-state index contributed by atoms with van der Waals surface area (Å²) in [6.45, 7) is 15.5. The van der Waals surface area contributed by atoms with Gasteiger partial charge < -0.3 is 0 Å². The maximum atomic E-state index is 4.44. The van der Waals surface area contributed by atoms with Crippen molar-refractivity contribution in [2.24, 2.45) is 0 Å². The molecule has 142 valence electrons. The van der Waals surface area contributed by atoms with E-state index in [9.17, 15) is 0 Å². The van der Waals surface area contributed by atoms with Gasteiger partial charge in [-0.25, -0.2) is 14.3 Å². The number of hydrogen-bond donors (Lipinski definition) is 0. The van der Waals surface area contributed by atoms with Gasteiger partial charge in [0.2, 0.25) is 0 Å². The first-order chi connectivity index (χ1) is 12.2. The van der Waals surface area contributed by atoms with Crippen LogP contribution < -0.4 is 0 Å². The number of aromatic nitrogens is 6. The molecule has 0 aromatic carbocycles. The highest BCUT2D eigenvalue weighted by molar-refractivity contribution is 5.05. The van der Waals surface area contributed by atoms with Gasteiger partial charge in [0.25, 0.3) is 0 Å². The lowest BCUT2D eigenvalue weighted by molar-refractivity contribution is 0.00477. The van der Waals surface area contributed by atoms with E-state index >= 15 is 0 Å². The van der Waals surface area contributed by atoms with Crippen molar-refractivity contribution in [1.29, 1.82) is 0 Å². The molecule has 8 nitrogen and oxygen atoms in total. The predicted molar refractivity (Wildman–Crippen MR) is 98.8 cm³/mol. The molecule has 0 atom stereocenters. The Morgan fingerprint density at radius 1 is 0.962 bits per heavy atom. The molecule has 8 heteroatoms. The summed E-state index contributed by atoms with van der Waals surface area (Å²) in [6.07, 6.45) is 6.46. The van der Waals surface area contributed by atoms with Crippen LogP contribution in [0.25, 0.3) is 0 Å². The molecular weight excluding hydrogens is 328 g/mol. The van der Waals surface area contributed by atoms with Gasteiger partial charge in [0.05, 0.1) is 17.8 Å². The van der Waals surface area contributed by atoms with Crippen molar-refractivity contribution in [2.75, 3.05) is 26.2 Å². The van der Waals surface area contributed by atoms with Gasteiger partial charge in [-0.05, 0) is 34.6 Å². The van der Waals surface area contributed by atoms with Crippen LogP contribution in [0.1, 0.15) is 52.4 Å². The second kappa shape index (κ2) is 6.13. The van der Waals surface area contributed by atoms with Gasteiger partial charge in [-0.15, -0.1) is 5.10 Å². The molecule has 4 heterocycles. The molecule has 2 fully saturated rings. The van der Waals surface area contributed by atoms with Gasteiger partial charge in [0, 0.05) is 49.9 Å². The SMILES string of the molecule is CC(C)(C)N1CC(n2cc(CC(C)(C)N3CC(n4cncn4)C3)nn2)C1. The topological polar surface area (TPSA) is 67.9 Å². The number of likely N-dealkylation sites (tertiary alicyclic amines) is 2. The van der Waals surface area contributed by atoms with Crippen LogP contribution in [0, 0.1) is 0 Å². The van der Waals surface area contributed by atoms with Crippen molar-refractivity contribution in [3.63, 3.8) is 0 Å². The quantitative estimate of drug-likeness (QED) is 0.805. The number of nitrogens with zero attached hydrogens (tertiary/aromatic N) is 8. The highest BCUT2D eigenvalue weighted by atomic mass is 15.5. The Kier molecular flexibility index (Phi) is 4.15. The Hall–Kier alpha value is -1.80. The molecular formula is C18H30N8. The van der Waals surface area contributed by atoms with E-state index in [0.29, 0.717) is 12.1 Å². The first kappa shape index (κ1) is 17.6.